The summed E-state index contributed by atoms with van der Waals surface area (Å²) in [7, 11) is 0.171. The molecule has 28 heavy (non-hydrogen) atoms. The van der Waals surface area contributed by atoms with Gasteiger partial charge in [-0.05, 0) is 19.1 Å². The van der Waals surface area contributed by atoms with Crippen LogP contribution in [0.1, 0.15) is 6.92 Å². The third-order valence-corrected chi connectivity index (χ3v) is 7.46. The van der Waals surface area contributed by atoms with E-state index in [1.165, 1.54) is 40.3 Å². The maximum absolute atomic E-state index is 12.8. The zero-order valence-corrected chi connectivity index (χ0v) is 16.9. The Morgan fingerprint density at radius 1 is 1.25 bits per heavy atom. The van der Waals surface area contributed by atoms with Crippen LogP contribution >= 0.6 is 0 Å². The first-order chi connectivity index (χ1) is 13.1. The zero-order chi connectivity index (χ0) is 20.9. The molecule has 2 aliphatic heterocycles. The monoisotopic (exact) mass is 409 g/mol. The van der Waals surface area contributed by atoms with E-state index in [2.05, 4.69) is 5.32 Å². The van der Waals surface area contributed by atoms with E-state index >= 15 is 0 Å². The molecule has 2 aliphatic rings. The van der Waals surface area contributed by atoms with Crippen LogP contribution in [0.15, 0.2) is 35.2 Å². The second-order valence-corrected chi connectivity index (χ2v) is 9.33. The predicted octanol–water partition coefficient (Wildman–Crippen LogP) is -0.558. The fourth-order valence-electron chi connectivity index (χ4n) is 4.12. The van der Waals surface area contributed by atoms with Gasteiger partial charge in [0.25, 0.3) is 0 Å². The Hall–Kier alpha value is -2.30. The largest absolute Gasteiger partial charge is 0.468 e. The van der Waals surface area contributed by atoms with Gasteiger partial charge in [-0.1, -0.05) is 18.2 Å². The Kier molecular flexibility index (Phi) is 5.07. The summed E-state index contributed by atoms with van der Waals surface area (Å²) in [5, 5.41) is 3.01. The van der Waals surface area contributed by atoms with E-state index < -0.39 is 51.2 Å². The molecule has 0 radical (unpaired) electrons. The molecule has 2 fully saturated rings. The fraction of sp³-hybridized carbons (Fsp3) is 0.500. The molecular weight excluding hydrogens is 386 g/mol. The van der Waals surface area contributed by atoms with Crippen molar-refractivity contribution in [3.8, 4) is 0 Å². The van der Waals surface area contributed by atoms with Crippen molar-refractivity contribution in [1.82, 2.24) is 14.5 Å². The highest BCUT2D eigenvalue weighted by atomic mass is 32.2. The maximum Gasteiger partial charge on any atom is 0.326 e. The normalized spacial score (nSPS) is 30.0. The van der Waals surface area contributed by atoms with Crippen LogP contribution in [0.4, 0.5) is 0 Å². The lowest BCUT2D eigenvalue weighted by molar-refractivity contribution is -0.152. The van der Waals surface area contributed by atoms with Crippen LogP contribution in [0, 0.1) is 11.8 Å². The van der Waals surface area contributed by atoms with E-state index in [9.17, 15) is 22.8 Å². The van der Waals surface area contributed by atoms with Crippen molar-refractivity contribution in [1.29, 1.82) is 0 Å². The lowest BCUT2D eigenvalue weighted by Crippen LogP contribution is -2.56. The van der Waals surface area contributed by atoms with Gasteiger partial charge in [-0.25, -0.2) is 8.42 Å². The van der Waals surface area contributed by atoms with E-state index in [0.29, 0.717) is 0 Å². The van der Waals surface area contributed by atoms with Crippen molar-refractivity contribution in [2.24, 2.45) is 11.8 Å². The first-order valence-corrected chi connectivity index (χ1v) is 10.2. The number of likely N-dealkylation sites (N-methyl/N-ethyl adjacent to an activating group) is 1. The Morgan fingerprint density at radius 2 is 1.86 bits per heavy atom. The highest BCUT2D eigenvalue weighted by Gasteiger charge is 2.66. The van der Waals surface area contributed by atoms with Gasteiger partial charge >= 0.3 is 5.97 Å². The van der Waals surface area contributed by atoms with Gasteiger partial charge in [0.05, 0.1) is 23.8 Å². The summed E-state index contributed by atoms with van der Waals surface area (Å²) in [5.41, 5.74) is -1.42. The van der Waals surface area contributed by atoms with Crippen LogP contribution in [-0.2, 0) is 29.1 Å². The molecule has 1 N–H and O–H groups in total. The molecule has 2 heterocycles. The van der Waals surface area contributed by atoms with Crippen LogP contribution in [0.25, 0.3) is 0 Å². The molecule has 2 saturated heterocycles. The van der Waals surface area contributed by atoms with Crippen LogP contribution < -0.4 is 5.32 Å². The van der Waals surface area contributed by atoms with Gasteiger partial charge in [-0.3, -0.25) is 24.6 Å². The summed E-state index contributed by atoms with van der Waals surface area (Å²) in [4.78, 5) is 38.8. The van der Waals surface area contributed by atoms with Crippen molar-refractivity contribution >= 4 is 27.8 Å². The minimum absolute atomic E-state index is 0.0855. The summed E-state index contributed by atoms with van der Waals surface area (Å²) in [6.07, 6.45) is 0. The molecule has 152 valence electrons. The van der Waals surface area contributed by atoms with Gasteiger partial charge in [0.1, 0.15) is 5.54 Å². The maximum atomic E-state index is 12.8. The minimum atomic E-state index is -3.80. The third-order valence-electron chi connectivity index (χ3n) is 5.63. The summed E-state index contributed by atoms with van der Waals surface area (Å²) in [5.74, 6) is -3.39. The van der Waals surface area contributed by atoms with E-state index in [1.54, 1.807) is 18.2 Å². The lowest BCUT2D eigenvalue weighted by Gasteiger charge is -2.28. The molecule has 0 spiro atoms. The quantitative estimate of drug-likeness (QED) is 0.512. The Labute approximate surface area is 163 Å². The Balaban J connectivity index is 1.93. The summed E-state index contributed by atoms with van der Waals surface area (Å²) >= 11 is 0. The third kappa shape index (κ3) is 2.92. The van der Waals surface area contributed by atoms with Gasteiger partial charge in [0.15, 0.2) is 0 Å². The number of sulfonamides is 1. The average molecular weight is 409 g/mol. The number of ether oxygens (including phenoxy) is 1. The molecule has 0 aliphatic carbocycles. The zero-order valence-electron chi connectivity index (χ0n) is 16.1. The first-order valence-electron chi connectivity index (χ1n) is 8.74. The number of nitrogens with one attached hydrogen (secondary N) is 1. The van der Waals surface area contributed by atoms with E-state index in [-0.39, 0.29) is 11.4 Å². The number of likely N-dealkylation sites (tertiary alicyclic amines) is 1. The van der Waals surface area contributed by atoms with E-state index in [4.69, 9.17) is 4.74 Å². The standard InChI is InChI=1S/C18H23N3O6S/c1-18(17(24)27-4)14-13(15(22)21(3)16(14)23)12(19-18)10-20(2)28(25,26)11-8-6-5-7-9-11/h5-9,12-14,19H,10H2,1-4H3/t12-,13+,14-,18-/m1/s1. The number of hydrogen-bond donors (Lipinski definition) is 1. The molecule has 0 unspecified atom stereocenters. The molecule has 0 saturated carbocycles. The summed E-state index contributed by atoms with van der Waals surface area (Å²) in [6, 6.07) is 7.18. The number of benzene rings is 1. The highest BCUT2D eigenvalue weighted by molar-refractivity contribution is 7.89. The molecule has 1 aromatic rings. The fourth-order valence-corrected chi connectivity index (χ4v) is 5.33. The number of carbonyl (C=O) groups excluding carboxylic acids is 3. The molecule has 0 bridgehead atoms. The van der Waals surface area contributed by atoms with Gasteiger partial charge in [0.2, 0.25) is 21.8 Å². The number of fused-ring (bicyclic) bond motifs is 1. The Morgan fingerprint density at radius 3 is 2.43 bits per heavy atom. The number of amides is 2. The number of nitrogens with zero attached hydrogens (tertiary/aromatic N) is 2. The van der Waals surface area contributed by atoms with Crippen molar-refractivity contribution in [2.75, 3.05) is 27.7 Å². The average Bonchev–Trinajstić information content (AvgIpc) is 3.10. The summed E-state index contributed by atoms with van der Waals surface area (Å²) in [6.45, 7) is 1.42. The molecule has 2 amide bonds. The highest BCUT2D eigenvalue weighted by Crippen LogP contribution is 2.43. The van der Waals surface area contributed by atoms with Crippen LogP contribution in [-0.4, -0.2) is 74.7 Å². The molecule has 3 rings (SSSR count). The number of imide groups is 1. The molecule has 4 atom stereocenters. The molecule has 1 aromatic carbocycles. The van der Waals surface area contributed by atoms with Gasteiger partial charge in [-0.2, -0.15) is 4.31 Å². The molecule has 9 nitrogen and oxygen atoms in total. The number of methoxy groups -OCH3 is 1. The van der Waals surface area contributed by atoms with Gasteiger partial charge in [0, 0.05) is 26.7 Å². The number of esters is 1. The van der Waals surface area contributed by atoms with Crippen molar-refractivity contribution in [3.05, 3.63) is 30.3 Å². The number of hydrogen-bond acceptors (Lipinski definition) is 7. The van der Waals surface area contributed by atoms with Gasteiger partial charge in [-0.15, -0.1) is 0 Å². The molecular formula is C18H23N3O6S. The van der Waals surface area contributed by atoms with Crippen LogP contribution in [0.3, 0.4) is 0 Å². The molecule has 0 aromatic heterocycles. The second-order valence-electron chi connectivity index (χ2n) is 7.28. The van der Waals surface area contributed by atoms with E-state index in [0.717, 1.165) is 9.21 Å². The van der Waals surface area contributed by atoms with E-state index in [1.807, 2.05) is 0 Å². The topological polar surface area (TPSA) is 113 Å². The first kappa shape index (κ1) is 20.4. The van der Waals surface area contributed by atoms with Crippen LogP contribution in [0.2, 0.25) is 0 Å². The smallest absolute Gasteiger partial charge is 0.326 e. The number of rotatable bonds is 5. The molecule has 10 heteroatoms. The predicted molar refractivity (Wildman–Crippen MR) is 98.4 cm³/mol. The summed E-state index contributed by atoms with van der Waals surface area (Å²) < 4.78 is 31.6. The van der Waals surface area contributed by atoms with Crippen LogP contribution in [0.5, 0.6) is 0 Å². The van der Waals surface area contributed by atoms with Crippen molar-refractivity contribution < 1.29 is 27.5 Å². The van der Waals surface area contributed by atoms with Crippen molar-refractivity contribution in [2.45, 2.75) is 23.4 Å². The minimum Gasteiger partial charge on any atom is -0.468 e. The van der Waals surface area contributed by atoms with Gasteiger partial charge < -0.3 is 4.74 Å². The Bertz CT molecular complexity index is 919. The second kappa shape index (κ2) is 6.94. The SMILES string of the molecule is COC(=O)[C@]1(C)N[C@H](CN(C)S(=O)(=O)c2ccccc2)[C@@H]2C(=O)N(C)C(=O)[C@@H]21. The number of carbonyl (C=O) groups is 3. The van der Waals surface area contributed by atoms with Crippen molar-refractivity contribution in [3.63, 3.8) is 0 Å². The lowest BCUT2D eigenvalue weighted by atomic mass is 9.81.